The second-order valence-electron chi connectivity index (χ2n) is 5.04. The van der Waals surface area contributed by atoms with E-state index in [1.807, 2.05) is 0 Å². The topological polar surface area (TPSA) is 179 Å². The number of urea groups is 1. The number of hydrogen-bond donors (Lipinski definition) is 2. The molecule has 0 fully saturated rings. The van der Waals surface area contributed by atoms with Crippen LogP contribution in [0.4, 0.5) is 10.5 Å². The van der Waals surface area contributed by atoms with Crippen LogP contribution in [0.3, 0.4) is 0 Å². The monoisotopic (exact) mass is 364 g/mol. The van der Waals surface area contributed by atoms with Crippen molar-refractivity contribution in [1.29, 1.82) is 0 Å². The van der Waals surface area contributed by atoms with E-state index in [-0.39, 0.29) is 17.7 Å². The summed E-state index contributed by atoms with van der Waals surface area (Å²) in [5.41, 5.74) is 3.74. The molecule has 0 unspecified atom stereocenters. The van der Waals surface area contributed by atoms with E-state index in [0.29, 0.717) is 4.90 Å². The van der Waals surface area contributed by atoms with Crippen molar-refractivity contribution >= 4 is 35.4 Å². The first kappa shape index (κ1) is 18.5. The van der Waals surface area contributed by atoms with Crippen molar-refractivity contribution in [2.24, 2.45) is 5.73 Å². The van der Waals surface area contributed by atoms with E-state index >= 15 is 0 Å². The predicted molar refractivity (Wildman–Crippen MR) is 81.8 cm³/mol. The van der Waals surface area contributed by atoms with Gasteiger partial charge in [-0.25, -0.2) is 4.79 Å². The number of fused-ring (bicyclic) bond motifs is 1. The number of benzene rings is 1. The van der Waals surface area contributed by atoms with Gasteiger partial charge in [-0.3, -0.25) is 39.5 Å². The van der Waals surface area contributed by atoms with Crippen molar-refractivity contribution in [2.75, 3.05) is 13.2 Å². The summed E-state index contributed by atoms with van der Waals surface area (Å²) in [6.07, 6.45) is -0.441. The number of carbonyl (C=O) groups excluding carboxylic acids is 5. The van der Waals surface area contributed by atoms with Crippen LogP contribution in [0, 0.1) is 10.1 Å². The fourth-order valence-corrected chi connectivity index (χ4v) is 2.27. The molecule has 1 aliphatic rings. The van der Waals surface area contributed by atoms with Gasteiger partial charge in [-0.2, -0.15) is 0 Å². The maximum Gasteiger partial charge on any atom is 0.318 e. The summed E-state index contributed by atoms with van der Waals surface area (Å²) in [5, 5.41) is 12.7. The van der Waals surface area contributed by atoms with Gasteiger partial charge in [0.1, 0.15) is 5.56 Å². The maximum atomic E-state index is 12.3. The van der Waals surface area contributed by atoms with Crippen molar-refractivity contribution in [3.63, 3.8) is 0 Å². The van der Waals surface area contributed by atoms with Crippen LogP contribution in [0.5, 0.6) is 0 Å². The highest BCUT2D eigenvalue weighted by molar-refractivity contribution is 6.23. The molecule has 0 aliphatic carbocycles. The number of nitro groups is 1. The van der Waals surface area contributed by atoms with Gasteiger partial charge in [0.25, 0.3) is 23.4 Å². The number of nitrogens with two attached hydrogens (primary N) is 1. The number of nitrogens with one attached hydrogen (secondary N) is 1. The van der Waals surface area contributed by atoms with E-state index in [4.69, 9.17) is 5.73 Å². The second-order valence-corrected chi connectivity index (χ2v) is 5.04. The van der Waals surface area contributed by atoms with Gasteiger partial charge >= 0.3 is 12.0 Å². The standard InChI is InChI=1S/C14H12N4O8/c15-14(23)16-9(19)6-26-10(20)4-5-17-12(21)7-2-1-3-8(18(24)25)11(7)13(17)22/h1-3H,4-6H2,(H3,15,16,19,23). The minimum absolute atomic E-state index is 0.126. The Labute approximate surface area is 145 Å². The Bertz CT molecular complexity index is 834. The lowest BCUT2D eigenvalue weighted by Gasteiger charge is -2.12. The molecule has 0 aromatic heterocycles. The van der Waals surface area contributed by atoms with E-state index < -0.39 is 53.4 Å². The van der Waals surface area contributed by atoms with Gasteiger partial charge in [0, 0.05) is 12.6 Å². The normalized spacial score (nSPS) is 12.5. The first-order valence-electron chi connectivity index (χ1n) is 7.11. The molecule has 0 atom stereocenters. The molecule has 1 aromatic carbocycles. The molecule has 5 amide bonds. The van der Waals surface area contributed by atoms with E-state index in [1.165, 1.54) is 12.1 Å². The molecular formula is C14H12N4O8. The Morgan fingerprint density at radius 2 is 1.92 bits per heavy atom. The summed E-state index contributed by atoms with van der Waals surface area (Å²) in [7, 11) is 0. The average molecular weight is 364 g/mol. The van der Waals surface area contributed by atoms with Crippen LogP contribution in [0.25, 0.3) is 0 Å². The Morgan fingerprint density at radius 1 is 1.23 bits per heavy atom. The number of imide groups is 2. The molecule has 26 heavy (non-hydrogen) atoms. The van der Waals surface area contributed by atoms with E-state index in [2.05, 4.69) is 4.74 Å². The van der Waals surface area contributed by atoms with E-state index in [9.17, 15) is 34.1 Å². The molecule has 0 bridgehead atoms. The number of amides is 5. The van der Waals surface area contributed by atoms with Gasteiger partial charge in [0.15, 0.2) is 6.61 Å². The van der Waals surface area contributed by atoms with Crippen molar-refractivity contribution in [2.45, 2.75) is 6.42 Å². The summed E-state index contributed by atoms with van der Waals surface area (Å²) < 4.78 is 4.56. The smallest absolute Gasteiger partial charge is 0.318 e. The summed E-state index contributed by atoms with van der Waals surface area (Å²) in [5.74, 6) is -3.53. The number of esters is 1. The molecule has 0 saturated heterocycles. The van der Waals surface area contributed by atoms with Crippen molar-refractivity contribution in [3.05, 3.63) is 39.4 Å². The van der Waals surface area contributed by atoms with Crippen molar-refractivity contribution in [3.8, 4) is 0 Å². The molecule has 136 valence electrons. The highest BCUT2D eigenvalue weighted by atomic mass is 16.6. The van der Waals surface area contributed by atoms with Crippen LogP contribution in [0.2, 0.25) is 0 Å². The highest BCUT2D eigenvalue weighted by Gasteiger charge is 2.40. The quantitative estimate of drug-likeness (QED) is 0.288. The third-order valence-corrected chi connectivity index (χ3v) is 3.34. The van der Waals surface area contributed by atoms with Gasteiger partial charge in [0.2, 0.25) is 0 Å². The summed E-state index contributed by atoms with van der Waals surface area (Å²) >= 11 is 0. The zero-order valence-corrected chi connectivity index (χ0v) is 13.1. The van der Waals surface area contributed by atoms with Crippen molar-refractivity contribution < 1.29 is 33.6 Å². The first-order valence-corrected chi connectivity index (χ1v) is 7.11. The number of nitrogens with zero attached hydrogens (tertiary/aromatic N) is 2. The molecule has 0 spiro atoms. The molecule has 1 heterocycles. The summed E-state index contributed by atoms with van der Waals surface area (Å²) in [4.78, 5) is 68.5. The van der Waals surface area contributed by atoms with Crippen LogP contribution in [-0.4, -0.2) is 52.7 Å². The predicted octanol–water partition coefficient (Wildman–Crippen LogP) is -0.681. The number of carbonyl (C=O) groups is 5. The van der Waals surface area contributed by atoms with Crippen LogP contribution < -0.4 is 11.1 Å². The minimum atomic E-state index is -1.11. The summed E-state index contributed by atoms with van der Waals surface area (Å²) in [6.45, 7) is -1.16. The van der Waals surface area contributed by atoms with Gasteiger partial charge in [-0.1, -0.05) is 6.07 Å². The Kier molecular flexibility index (Phi) is 5.25. The average Bonchev–Trinajstić information content (AvgIpc) is 2.81. The minimum Gasteiger partial charge on any atom is -0.456 e. The SMILES string of the molecule is NC(=O)NC(=O)COC(=O)CCN1C(=O)c2cccc([N+](=O)[O-])c2C1=O. The number of ether oxygens (including phenoxy) is 1. The molecular weight excluding hydrogens is 352 g/mol. The largest absolute Gasteiger partial charge is 0.456 e. The lowest BCUT2D eigenvalue weighted by Crippen LogP contribution is -2.38. The van der Waals surface area contributed by atoms with Crippen LogP contribution in [0.1, 0.15) is 27.1 Å². The van der Waals surface area contributed by atoms with Gasteiger partial charge in [-0.15, -0.1) is 0 Å². The molecule has 12 heteroatoms. The Hall–Kier alpha value is -3.83. The molecule has 12 nitrogen and oxygen atoms in total. The third kappa shape index (κ3) is 3.80. The molecule has 1 aromatic rings. The Morgan fingerprint density at radius 3 is 2.54 bits per heavy atom. The lowest BCUT2D eigenvalue weighted by molar-refractivity contribution is -0.385. The zero-order valence-electron chi connectivity index (χ0n) is 13.1. The molecule has 0 saturated carbocycles. The van der Waals surface area contributed by atoms with Gasteiger partial charge in [-0.05, 0) is 6.07 Å². The fourth-order valence-electron chi connectivity index (χ4n) is 2.27. The number of hydrogen-bond acceptors (Lipinski definition) is 8. The maximum absolute atomic E-state index is 12.3. The van der Waals surface area contributed by atoms with Crippen LogP contribution in [0.15, 0.2) is 18.2 Å². The molecule has 0 radical (unpaired) electrons. The highest BCUT2D eigenvalue weighted by Crippen LogP contribution is 2.30. The zero-order chi connectivity index (χ0) is 19.4. The van der Waals surface area contributed by atoms with Gasteiger partial charge < -0.3 is 10.5 Å². The van der Waals surface area contributed by atoms with Crippen molar-refractivity contribution in [1.82, 2.24) is 10.2 Å². The first-order chi connectivity index (χ1) is 12.2. The third-order valence-electron chi connectivity index (χ3n) is 3.34. The number of rotatable bonds is 6. The molecule has 1 aliphatic heterocycles. The van der Waals surface area contributed by atoms with Gasteiger partial charge in [0.05, 0.1) is 16.9 Å². The number of nitro benzene ring substituents is 1. The van der Waals surface area contributed by atoms with Crippen LogP contribution >= 0.6 is 0 Å². The number of primary amides is 1. The fraction of sp³-hybridized carbons (Fsp3) is 0.214. The second kappa shape index (κ2) is 7.38. The summed E-state index contributed by atoms with van der Waals surface area (Å²) in [6, 6.07) is 2.53. The van der Waals surface area contributed by atoms with E-state index in [1.54, 1.807) is 5.32 Å². The van der Waals surface area contributed by atoms with Crippen LogP contribution in [-0.2, 0) is 14.3 Å². The molecule has 2 rings (SSSR count). The molecule has 3 N–H and O–H groups in total. The van der Waals surface area contributed by atoms with E-state index in [0.717, 1.165) is 6.07 Å². The Balaban J connectivity index is 1.98. The lowest BCUT2D eigenvalue weighted by atomic mass is 10.1.